The van der Waals surface area contributed by atoms with E-state index < -0.39 is 46.8 Å². The van der Waals surface area contributed by atoms with Gasteiger partial charge in [-0.3, -0.25) is 13.8 Å². The third-order valence-electron chi connectivity index (χ3n) is 3.83. The number of amides is 1. The summed E-state index contributed by atoms with van der Waals surface area (Å²) in [5.41, 5.74) is -0.604. The number of rotatable bonds is 6. The van der Waals surface area contributed by atoms with E-state index in [9.17, 15) is 18.0 Å². The van der Waals surface area contributed by atoms with Gasteiger partial charge in [-0.25, -0.2) is 8.42 Å². The van der Waals surface area contributed by atoms with Crippen LogP contribution in [0, 0.1) is 0 Å². The summed E-state index contributed by atoms with van der Waals surface area (Å²) in [6.45, 7) is 6.40. The van der Waals surface area contributed by atoms with E-state index in [0.29, 0.717) is 18.4 Å². The predicted octanol–water partition coefficient (Wildman–Crippen LogP) is -0.547. The monoisotopic (exact) mass is 333 g/mol. The topological polar surface area (TPSA) is 108 Å². The van der Waals surface area contributed by atoms with Crippen molar-refractivity contribution in [1.82, 2.24) is 5.32 Å². The molecule has 8 nitrogen and oxygen atoms in total. The van der Waals surface area contributed by atoms with Crippen LogP contribution in [0.15, 0.2) is 12.2 Å². The molecule has 0 radical (unpaired) electrons. The van der Waals surface area contributed by atoms with E-state index in [4.69, 9.17) is 13.7 Å². The van der Waals surface area contributed by atoms with Crippen LogP contribution >= 0.6 is 0 Å². The van der Waals surface area contributed by atoms with Crippen molar-refractivity contribution in [2.45, 2.75) is 50.6 Å². The van der Waals surface area contributed by atoms with Crippen molar-refractivity contribution in [2.75, 3.05) is 6.54 Å². The number of carbonyl (C=O) groups excluding carboxylic acids is 2. The third-order valence-corrected chi connectivity index (χ3v) is 4.40. The second kappa shape index (κ2) is 6.35. The molecule has 2 rings (SSSR count). The molecule has 0 aromatic carbocycles. The Labute approximate surface area is 129 Å². The molecule has 0 spiro atoms. The Bertz CT molecular complexity index is 565. The van der Waals surface area contributed by atoms with E-state index in [1.165, 1.54) is 6.92 Å². The smallest absolute Gasteiger partial charge is 0.325 e. The Balaban J connectivity index is 1.82. The Morgan fingerprint density at radius 2 is 2.14 bits per heavy atom. The first kappa shape index (κ1) is 16.9. The molecule has 0 aliphatic carbocycles. The van der Waals surface area contributed by atoms with E-state index in [1.54, 1.807) is 6.92 Å². The molecule has 2 aliphatic heterocycles. The fraction of sp³-hybridized carbons (Fsp3) is 0.692. The molecule has 2 fully saturated rings. The van der Waals surface area contributed by atoms with Gasteiger partial charge in [-0.15, -0.1) is 0 Å². The minimum Gasteiger partial charge on any atom is -0.458 e. The average molecular weight is 333 g/mol. The molecule has 0 aromatic heterocycles. The summed E-state index contributed by atoms with van der Waals surface area (Å²) in [7, 11) is -2.97. The predicted molar refractivity (Wildman–Crippen MR) is 75.4 cm³/mol. The molecule has 1 amide bonds. The fourth-order valence-corrected chi connectivity index (χ4v) is 3.26. The Kier molecular flexibility index (Phi) is 4.88. The lowest BCUT2D eigenvalue weighted by Gasteiger charge is -2.31. The van der Waals surface area contributed by atoms with E-state index in [-0.39, 0.29) is 6.54 Å². The van der Waals surface area contributed by atoms with Crippen LogP contribution < -0.4 is 5.32 Å². The number of hydrogen-bond acceptors (Lipinski definition) is 7. The molecular weight excluding hydrogens is 314 g/mol. The minimum absolute atomic E-state index is 0.250. The van der Waals surface area contributed by atoms with Crippen LogP contribution in [0.2, 0.25) is 0 Å². The maximum absolute atomic E-state index is 11.7. The molecule has 0 aromatic rings. The molecule has 22 heavy (non-hydrogen) atoms. The maximum Gasteiger partial charge on any atom is 0.325 e. The first-order valence-electron chi connectivity index (χ1n) is 6.83. The van der Waals surface area contributed by atoms with Crippen LogP contribution in [0.25, 0.3) is 0 Å². The molecule has 124 valence electrons. The molecule has 2 heterocycles. The number of fused-ring (bicyclic) bond motifs is 2. The Morgan fingerprint density at radius 1 is 1.45 bits per heavy atom. The molecule has 4 unspecified atom stereocenters. The van der Waals surface area contributed by atoms with Crippen molar-refractivity contribution >= 4 is 22.9 Å². The highest BCUT2D eigenvalue weighted by atomic mass is 32.2. The third kappa shape index (κ3) is 3.65. The molecular formula is C13H19NO7S. The van der Waals surface area contributed by atoms with Gasteiger partial charge in [0.05, 0.1) is 12.2 Å². The van der Waals surface area contributed by atoms with Gasteiger partial charge in [0.1, 0.15) is 18.2 Å². The zero-order valence-corrected chi connectivity index (χ0v) is 13.3. The maximum atomic E-state index is 11.7. The summed E-state index contributed by atoms with van der Waals surface area (Å²) >= 11 is 0. The normalized spacial score (nSPS) is 33.0. The largest absolute Gasteiger partial charge is 0.458 e. The molecule has 0 saturated carbocycles. The van der Waals surface area contributed by atoms with Crippen molar-refractivity contribution in [1.29, 1.82) is 0 Å². The molecule has 9 heteroatoms. The van der Waals surface area contributed by atoms with E-state index >= 15 is 0 Å². The fourth-order valence-electron chi connectivity index (χ4n) is 2.72. The van der Waals surface area contributed by atoms with Crippen molar-refractivity contribution in [3.05, 3.63) is 12.2 Å². The van der Waals surface area contributed by atoms with Crippen LogP contribution in [0.1, 0.15) is 26.7 Å². The lowest BCUT2D eigenvalue weighted by molar-refractivity contribution is -0.151. The second-order valence-corrected chi connectivity index (χ2v) is 6.35. The molecule has 4 atom stereocenters. The first-order valence-corrected chi connectivity index (χ1v) is 7.93. The number of hydrogen-bond donors (Lipinski definition) is 2. The highest BCUT2D eigenvalue weighted by molar-refractivity contribution is 7.67. The highest BCUT2D eigenvalue weighted by Crippen LogP contribution is 2.45. The molecule has 2 bridgehead atoms. The summed E-state index contributed by atoms with van der Waals surface area (Å²) in [6.07, 6.45) is -0.596. The van der Waals surface area contributed by atoms with Gasteiger partial charge in [-0.1, -0.05) is 6.58 Å². The number of carbonyl (C=O) groups is 2. The highest BCUT2D eigenvalue weighted by Gasteiger charge is 2.57. The minimum atomic E-state index is -2.97. The van der Waals surface area contributed by atoms with Gasteiger partial charge in [0.15, 0.2) is 0 Å². The summed E-state index contributed by atoms with van der Waals surface area (Å²) in [5, 5.41) is 2.38. The second-order valence-electron chi connectivity index (χ2n) is 5.72. The molecule has 2 aliphatic rings. The van der Waals surface area contributed by atoms with Crippen molar-refractivity contribution in [3.8, 4) is 0 Å². The van der Waals surface area contributed by atoms with Gasteiger partial charge in [-0.05, 0) is 13.8 Å². The van der Waals surface area contributed by atoms with Gasteiger partial charge < -0.3 is 14.8 Å². The van der Waals surface area contributed by atoms with Gasteiger partial charge in [0.2, 0.25) is 5.91 Å². The van der Waals surface area contributed by atoms with Gasteiger partial charge in [-0.2, -0.15) is 0 Å². The zero-order valence-electron chi connectivity index (χ0n) is 12.4. The number of ether oxygens (including phenoxy) is 2. The van der Waals surface area contributed by atoms with Gasteiger partial charge in [0.25, 0.3) is 11.0 Å². The summed E-state index contributed by atoms with van der Waals surface area (Å²) < 4.78 is 37.2. The molecule has 1 N–H and O–H groups in total. The number of esters is 1. The van der Waals surface area contributed by atoms with Gasteiger partial charge >= 0.3 is 5.97 Å². The Hall–Kier alpha value is -1.45. The van der Waals surface area contributed by atoms with Crippen molar-refractivity contribution < 1.29 is 31.7 Å². The van der Waals surface area contributed by atoms with Crippen LogP contribution in [0.4, 0.5) is 0 Å². The number of thiol groups is 1. The lowest BCUT2D eigenvalue weighted by atomic mass is 9.85. The van der Waals surface area contributed by atoms with E-state index in [2.05, 4.69) is 11.9 Å². The average Bonchev–Trinajstić information content (AvgIpc) is 2.91. The quantitative estimate of drug-likeness (QED) is 0.381. The van der Waals surface area contributed by atoms with Crippen LogP contribution in [0.3, 0.4) is 0 Å². The van der Waals surface area contributed by atoms with E-state index in [0.717, 1.165) is 0 Å². The van der Waals surface area contributed by atoms with Crippen LogP contribution in [-0.2, 0) is 34.2 Å². The summed E-state index contributed by atoms with van der Waals surface area (Å²) in [6, 6.07) is 0. The van der Waals surface area contributed by atoms with E-state index in [1.807, 2.05) is 0 Å². The Morgan fingerprint density at radius 3 is 2.64 bits per heavy atom. The lowest BCUT2D eigenvalue weighted by Crippen LogP contribution is -2.44. The first-order chi connectivity index (χ1) is 10.2. The van der Waals surface area contributed by atoms with Crippen LogP contribution in [-0.4, -0.2) is 50.8 Å². The molecule has 2 saturated heterocycles. The SMILES string of the molecule is C=C(C)C(=O)NCC(=O)OC1CC2OC1CC2(C)O[SH](=O)=O. The zero-order chi connectivity index (χ0) is 16.5. The summed E-state index contributed by atoms with van der Waals surface area (Å²) in [5.74, 6) is -0.991. The number of nitrogens with one attached hydrogen (secondary N) is 1. The van der Waals surface area contributed by atoms with Crippen molar-refractivity contribution in [3.63, 3.8) is 0 Å². The summed E-state index contributed by atoms with van der Waals surface area (Å²) in [4.78, 5) is 23.0. The van der Waals surface area contributed by atoms with Gasteiger partial charge in [0, 0.05) is 18.4 Å². The van der Waals surface area contributed by atoms with Crippen LogP contribution in [0.5, 0.6) is 0 Å². The standard InChI is InChI=1S/C13H19NO7S/c1-7(2)12(16)14-6-11(15)20-8-4-10-13(3,21-22(17)18)5-9(8)19-10/h8-10,22H,1,4-6H2,2-3H3,(H,14,16). The van der Waals surface area contributed by atoms with Crippen molar-refractivity contribution in [2.24, 2.45) is 0 Å².